The van der Waals surface area contributed by atoms with Crippen LogP contribution in [0.3, 0.4) is 0 Å². The average molecular weight is 281 g/mol. The Hall–Kier alpha value is -1.86. The van der Waals surface area contributed by atoms with Gasteiger partial charge in [-0.3, -0.25) is 4.68 Å². The van der Waals surface area contributed by atoms with Crippen LogP contribution in [0, 0.1) is 0 Å². The van der Waals surface area contributed by atoms with Crippen molar-refractivity contribution in [3.05, 3.63) is 42.2 Å². The lowest BCUT2D eigenvalue weighted by atomic mass is 10.1. The third kappa shape index (κ3) is 3.33. The second-order valence-corrected chi connectivity index (χ2v) is 6.37. The second kappa shape index (κ2) is 5.02. The number of nitrogens with two attached hydrogens (primary N) is 1. The number of hydrogen-bond acceptors (Lipinski definition) is 5. The van der Waals surface area contributed by atoms with Gasteiger partial charge in [-0.25, -0.2) is 8.42 Å². The molecule has 6 nitrogen and oxygen atoms in total. The van der Waals surface area contributed by atoms with E-state index in [9.17, 15) is 13.5 Å². The van der Waals surface area contributed by atoms with E-state index in [2.05, 4.69) is 5.10 Å². The van der Waals surface area contributed by atoms with Crippen LogP contribution in [0.1, 0.15) is 11.7 Å². The van der Waals surface area contributed by atoms with Crippen molar-refractivity contribution < 1.29 is 13.5 Å². The maximum absolute atomic E-state index is 11.3. The Morgan fingerprint density at radius 2 is 2.00 bits per heavy atom. The molecule has 7 heteroatoms. The molecule has 1 atom stereocenters. The Morgan fingerprint density at radius 1 is 1.37 bits per heavy atom. The number of nitrogens with zero attached hydrogens (tertiary/aromatic N) is 2. The Bertz CT molecular complexity index is 662. The van der Waals surface area contributed by atoms with E-state index in [4.69, 9.17) is 5.73 Å². The molecule has 2 aromatic rings. The molecule has 19 heavy (non-hydrogen) atoms. The van der Waals surface area contributed by atoms with Gasteiger partial charge in [0.25, 0.3) is 0 Å². The maximum atomic E-state index is 11.3. The van der Waals surface area contributed by atoms with Gasteiger partial charge in [0.1, 0.15) is 4.90 Å². The van der Waals surface area contributed by atoms with Gasteiger partial charge in [0.05, 0.1) is 18.8 Å². The number of sulfone groups is 1. The van der Waals surface area contributed by atoms with E-state index in [0.29, 0.717) is 11.3 Å². The number of aliphatic hydroxyl groups is 1. The third-order valence-corrected chi connectivity index (χ3v) is 3.79. The van der Waals surface area contributed by atoms with Gasteiger partial charge in [0, 0.05) is 18.1 Å². The minimum absolute atomic E-state index is 0.136. The summed E-state index contributed by atoms with van der Waals surface area (Å²) in [6.07, 6.45) is 3.01. The number of anilines is 1. The fraction of sp³-hybridized carbons (Fsp3) is 0.250. The van der Waals surface area contributed by atoms with Crippen molar-refractivity contribution in [2.75, 3.05) is 12.0 Å². The molecule has 3 N–H and O–H groups in total. The summed E-state index contributed by atoms with van der Waals surface area (Å²) in [7, 11) is -3.27. The summed E-state index contributed by atoms with van der Waals surface area (Å²) in [5.41, 5.74) is 6.88. The number of benzene rings is 1. The topological polar surface area (TPSA) is 98.2 Å². The summed E-state index contributed by atoms with van der Waals surface area (Å²) >= 11 is 0. The van der Waals surface area contributed by atoms with Crippen molar-refractivity contribution in [2.24, 2.45) is 0 Å². The maximum Gasteiger partial charge on any atom is 0.178 e. The molecule has 0 aliphatic rings. The molecule has 1 heterocycles. The van der Waals surface area contributed by atoms with Gasteiger partial charge in [-0.15, -0.1) is 0 Å². The van der Waals surface area contributed by atoms with Crippen LogP contribution >= 0.6 is 0 Å². The molecular weight excluding hydrogens is 266 g/mol. The summed E-state index contributed by atoms with van der Waals surface area (Å²) in [5, 5.41) is 13.9. The van der Waals surface area contributed by atoms with Crippen molar-refractivity contribution in [2.45, 2.75) is 17.5 Å². The molecule has 0 fully saturated rings. The van der Waals surface area contributed by atoms with Gasteiger partial charge in [-0.05, 0) is 17.7 Å². The number of hydrogen-bond donors (Lipinski definition) is 2. The van der Waals surface area contributed by atoms with E-state index in [1.165, 1.54) is 17.1 Å². The quantitative estimate of drug-likeness (QED) is 0.800. The molecule has 2 rings (SSSR count). The average Bonchev–Trinajstić information content (AvgIpc) is 2.78. The zero-order valence-electron chi connectivity index (χ0n) is 10.4. The normalized spacial score (nSPS) is 13.4. The van der Waals surface area contributed by atoms with Gasteiger partial charge in [-0.1, -0.05) is 12.1 Å². The molecule has 1 aromatic heterocycles. The van der Waals surface area contributed by atoms with Crippen LogP contribution in [0.2, 0.25) is 0 Å². The fourth-order valence-electron chi connectivity index (χ4n) is 1.64. The Morgan fingerprint density at radius 3 is 2.53 bits per heavy atom. The van der Waals surface area contributed by atoms with Crippen molar-refractivity contribution in [3.8, 4) is 0 Å². The number of nitrogen functional groups attached to an aromatic ring is 1. The number of aliphatic hydroxyl groups excluding tert-OH is 1. The second-order valence-electron chi connectivity index (χ2n) is 4.35. The van der Waals surface area contributed by atoms with Crippen LogP contribution in [0.25, 0.3) is 0 Å². The monoisotopic (exact) mass is 281 g/mol. The summed E-state index contributed by atoms with van der Waals surface area (Å²) < 4.78 is 24.0. The first-order valence-corrected chi connectivity index (χ1v) is 7.51. The van der Waals surface area contributed by atoms with Gasteiger partial charge >= 0.3 is 0 Å². The summed E-state index contributed by atoms with van der Waals surface area (Å²) in [4.78, 5) is 0.136. The van der Waals surface area contributed by atoms with Crippen LogP contribution in [-0.4, -0.2) is 29.6 Å². The van der Waals surface area contributed by atoms with Crippen molar-refractivity contribution in [1.29, 1.82) is 0 Å². The Kier molecular flexibility index (Phi) is 3.59. The van der Waals surface area contributed by atoms with Crippen LogP contribution in [0.15, 0.2) is 41.6 Å². The Balaban J connectivity index is 2.13. The van der Waals surface area contributed by atoms with Gasteiger partial charge in [-0.2, -0.15) is 5.10 Å². The van der Waals surface area contributed by atoms with E-state index in [1.807, 2.05) is 0 Å². The molecule has 102 valence electrons. The summed E-state index contributed by atoms with van der Waals surface area (Å²) in [6, 6.07) is 6.84. The SMILES string of the molecule is CS(=O)(=O)c1cnn(CC(O)c2ccc(N)cc2)c1. The molecule has 0 aliphatic carbocycles. The first-order valence-electron chi connectivity index (χ1n) is 5.62. The zero-order chi connectivity index (χ0) is 14.0. The van der Waals surface area contributed by atoms with E-state index < -0.39 is 15.9 Å². The lowest BCUT2D eigenvalue weighted by Gasteiger charge is -2.11. The van der Waals surface area contributed by atoms with Crippen LogP contribution < -0.4 is 5.73 Å². The van der Waals surface area contributed by atoms with Gasteiger partial charge < -0.3 is 10.8 Å². The highest BCUT2D eigenvalue weighted by atomic mass is 32.2. The minimum Gasteiger partial charge on any atom is -0.399 e. The van der Waals surface area contributed by atoms with Crippen molar-refractivity contribution in [3.63, 3.8) is 0 Å². The number of rotatable bonds is 4. The third-order valence-electron chi connectivity index (χ3n) is 2.72. The Labute approximate surface area is 111 Å². The van der Waals surface area contributed by atoms with Crippen LogP contribution in [-0.2, 0) is 16.4 Å². The summed E-state index contributed by atoms with van der Waals surface area (Å²) in [5.74, 6) is 0. The lowest BCUT2D eigenvalue weighted by Crippen LogP contribution is -2.09. The van der Waals surface area contributed by atoms with Crippen molar-refractivity contribution >= 4 is 15.5 Å². The smallest absolute Gasteiger partial charge is 0.178 e. The predicted octanol–water partition coefficient (Wildman–Crippen LogP) is 0.602. The summed E-state index contributed by atoms with van der Waals surface area (Å²) in [6.45, 7) is 0.180. The highest BCUT2D eigenvalue weighted by molar-refractivity contribution is 7.90. The van der Waals surface area contributed by atoms with E-state index in [0.717, 1.165) is 6.26 Å². The zero-order valence-corrected chi connectivity index (χ0v) is 11.2. The molecule has 0 aliphatic heterocycles. The van der Waals surface area contributed by atoms with Crippen molar-refractivity contribution in [1.82, 2.24) is 9.78 Å². The van der Waals surface area contributed by atoms with E-state index >= 15 is 0 Å². The standard InChI is InChI=1S/C12H15N3O3S/c1-19(17,18)11-6-14-15(7-11)8-12(16)9-2-4-10(13)5-3-9/h2-7,12,16H,8,13H2,1H3. The molecule has 0 saturated heterocycles. The first kappa shape index (κ1) is 13.6. The molecule has 0 spiro atoms. The molecule has 1 aromatic carbocycles. The molecule has 1 unspecified atom stereocenters. The van der Waals surface area contributed by atoms with Gasteiger partial charge in [0.15, 0.2) is 9.84 Å². The van der Waals surface area contributed by atoms with E-state index in [1.54, 1.807) is 24.3 Å². The first-order chi connectivity index (χ1) is 8.86. The molecule has 0 amide bonds. The van der Waals surface area contributed by atoms with Crippen LogP contribution in [0.5, 0.6) is 0 Å². The predicted molar refractivity (Wildman–Crippen MR) is 71.2 cm³/mol. The van der Waals surface area contributed by atoms with E-state index in [-0.39, 0.29) is 11.4 Å². The van der Waals surface area contributed by atoms with Gasteiger partial charge in [0.2, 0.25) is 0 Å². The lowest BCUT2D eigenvalue weighted by molar-refractivity contribution is 0.151. The number of aromatic nitrogens is 2. The fourth-order valence-corrected chi connectivity index (χ4v) is 2.19. The molecule has 0 radical (unpaired) electrons. The molecular formula is C12H15N3O3S. The van der Waals surface area contributed by atoms with Crippen LogP contribution in [0.4, 0.5) is 5.69 Å². The minimum atomic E-state index is -3.27. The highest BCUT2D eigenvalue weighted by Crippen LogP contribution is 2.17. The molecule has 0 bridgehead atoms. The molecule has 0 saturated carbocycles. The largest absolute Gasteiger partial charge is 0.399 e. The highest BCUT2D eigenvalue weighted by Gasteiger charge is 2.13.